The first-order valence-electron chi connectivity index (χ1n) is 9.95. The topological polar surface area (TPSA) is 46.6 Å². The lowest BCUT2D eigenvalue weighted by Gasteiger charge is -2.32. The molecule has 0 spiro atoms. The predicted octanol–water partition coefficient (Wildman–Crippen LogP) is 4.27. The molecule has 4 nitrogen and oxygen atoms in total. The maximum atomic E-state index is 13.6. The minimum Gasteiger partial charge on any atom is -0.467 e. The summed E-state index contributed by atoms with van der Waals surface area (Å²) in [5, 5.41) is 0. The van der Waals surface area contributed by atoms with Crippen molar-refractivity contribution in [1.29, 1.82) is 0 Å². The number of hydrogen-bond acceptors (Lipinski definition) is 3. The Kier molecular flexibility index (Phi) is 6.64. The molecule has 1 saturated heterocycles. The SMILES string of the molecule is COC(=O)[C@@H]1CCCCCCN1C(=O)CC1=CCCCc2cc(F)ccc21. The van der Waals surface area contributed by atoms with Crippen molar-refractivity contribution in [3.63, 3.8) is 0 Å². The lowest BCUT2D eigenvalue weighted by atomic mass is 9.95. The summed E-state index contributed by atoms with van der Waals surface area (Å²) in [6, 6.07) is 4.31. The Morgan fingerprint density at radius 1 is 1.19 bits per heavy atom. The van der Waals surface area contributed by atoms with Crippen LogP contribution in [0.25, 0.3) is 5.57 Å². The number of methoxy groups -OCH3 is 1. The molecule has 1 fully saturated rings. The van der Waals surface area contributed by atoms with Crippen molar-refractivity contribution >= 4 is 17.4 Å². The highest BCUT2D eigenvalue weighted by atomic mass is 19.1. The molecular weight excluding hydrogens is 345 g/mol. The van der Waals surface area contributed by atoms with Crippen molar-refractivity contribution in [2.75, 3.05) is 13.7 Å². The monoisotopic (exact) mass is 373 g/mol. The molecule has 1 aliphatic heterocycles. The Labute approximate surface area is 160 Å². The number of benzene rings is 1. The van der Waals surface area contributed by atoms with Gasteiger partial charge < -0.3 is 9.64 Å². The van der Waals surface area contributed by atoms with Gasteiger partial charge in [0.25, 0.3) is 0 Å². The van der Waals surface area contributed by atoms with Gasteiger partial charge in [0, 0.05) is 6.54 Å². The standard InChI is InChI=1S/C22H28FNO3/c1-27-22(26)20-10-4-2-3-7-13-24(20)21(25)15-17-9-6-5-8-16-14-18(23)11-12-19(16)17/h9,11-12,14,20H,2-8,10,13,15H2,1H3/t20-/m0/s1. The summed E-state index contributed by atoms with van der Waals surface area (Å²) in [5.74, 6) is -0.617. The van der Waals surface area contributed by atoms with Crippen LogP contribution in [0.5, 0.6) is 0 Å². The van der Waals surface area contributed by atoms with Crippen LogP contribution >= 0.6 is 0 Å². The van der Waals surface area contributed by atoms with Gasteiger partial charge in [-0.1, -0.05) is 31.4 Å². The zero-order valence-corrected chi connectivity index (χ0v) is 16.0. The van der Waals surface area contributed by atoms with Crippen LogP contribution in [0.4, 0.5) is 4.39 Å². The van der Waals surface area contributed by atoms with E-state index in [-0.39, 0.29) is 24.1 Å². The van der Waals surface area contributed by atoms with Gasteiger partial charge in [-0.25, -0.2) is 9.18 Å². The molecule has 1 aromatic carbocycles. The normalized spacial score (nSPS) is 20.6. The first-order chi connectivity index (χ1) is 13.1. The number of allylic oxidation sites excluding steroid dienone is 1. The summed E-state index contributed by atoms with van der Waals surface area (Å²) >= 11 is 0. The molecule has 1 atom stereocenters. The van der Waals surface area contributed by atoms with E-state index in [4.69, 9.17) is 4.74 Å². The average molecular weight is 373 g/mol. The molecule has 1 aliphatic carbocycles. The fraction of sp³-hybridized carbons (Fsp3) is 0.545. The first kappa shape index (κ1) is 19.6. The number of amides is 1. The molecule has 3 rings (SSSR count). The second-order valence-corrected chi connectivity index (χ2v) is 7.43. The average Bonchev–Trinajstić information content (AvgIpc) is 2.82. The zero-order valence-electron chi connectivity index (χ0n) is 16.0. The van der Waals surface area contributed by atoms with Gasteiger partial charge in [0.05, 0.1) is 13.5 Å². The molecule has 0 aromatic heterocycles. The van der Waals surface area contributed by atoms with Crippen LogP contribution in [0.2, 0.25) is 0 Å². The third kappa shape index (κ3) is 4.76. The van der Waals surface area contributed by atoms with Crippen molar-refractivity contribution in [3.05, 3.63) is 41.2 Å². The zero-order chi connectivity index (χ0) is 19.2. The highest BCUT2D eigenvalue weighted by Gasteiger charge is 2.31. The molecule has 1 amide bonds. The van der Waals surface area contributed by atoms with Crippen molar-refractivity contribution < 1.29 is 18.7 Å². The molecular formula is C22H28FNO3. The summed E-state index contributed by atoms with van der Waals surface area (Å²) in [7, 11) is 1.38. The van der Waals surface area contributed by atoms with E-state index in [9.17, 15) is 14.0 Å². The van der Waals surface area contributed by atoms with Gasteiger partial charge in [-0.15, -0.1) is 0 Å². The van der Waals surface area contributed by atoms with Gasteiger partial charge in [-0.2, -0.15) is 0 Å². The number of aryl methyl sites for hydroxylation is 1. The quantitative estimate of drug-likeness (QED) is 0.744. The molecule has 0 saturated carbocycles. The summed E-state index contributed by atoms with van der Waals surface area (Å²) in [5.41, 5.74) is 2.87. The summed E-state index contributed by atoms with van der Waals surface area (Å²) in [6.45, 7) is 0.585. The Morgan fingerprint density at radius 3 is 2.81 bits per heavy atom. The van der Waals surface area contributed by atoms with Crippen LogP contribution in [-0.2, 0) is 20.7 Å². The second-order valence-electron chi connectivity index (χ2n) is 7.43. The molecule has 0 unspecified atom stereocenters. The van der Waals surface area contributed by atoms with E-state index in [0.29, 0.717) is 13.0 Å². The first-order valence-corrected chi connectivity index (χ1v) is 9.95. The van der Waals surface area contributed by atoms with Gasteiger partial charge >= 0.3 is 5.97 Å². The minimum atomic E-state index is -0.498. The van der Waals surface area contributed by atoms with Crippen LogP contribution in [0.15, 0.2) is 24.3 Å². The number of ether oxygens (including phenoxy) is 1. The van der Waals surface area contributed by atoms with E-state index in [1.165, 1.54) is 13.2 Å². The minimum absolute atomic E-state index is 0.0456. The molecule has 27 heavy (non-hydrogen) atoms. The Balaban J connectivity index is 1.82. The summed E-state index contributed by atoms with van der Waals surface area (Å²) in [4.78, 5) is 27.1. The van der Waals surface area contributed by atoms with E-state index >= 15 is 0 Å². The fourth-order valence-corrected chi connectivity index (χ4v) is 4.16. The third-order valence-corrected chi connectivity index (χ3v) is 5.59. The van der Waals surface area contributed by atoms with Crippen molar-refractivity contribution in [3.8, 4) is 0 Å². The van der Waals surface area contributed by atoms with Crippen LogP contribution in [0, 0.1) is 5.82 Å². The van der Waals surface area contributed by atoms with Gasteiger partial charge in [-0.05, 0) is 60.9 Å². The van der Waals surface area contributed by atoms with E-state index < -0.39 is 6.04 Å². The van der Waals surface area contributed by atoms with Crippen molar-refractivity contribution in [1.82, 2.24) is 4.90 Å². The van der Waals surface area contributed by atoms with Crippen LogP contribution < -0.4 is 0 Å². The van der Waals surface area contributed by atoms with Crippen LogP contribution in [0.3, 0.4) is 0 Å². The highest BCUT2D eigenvalue weighted by molar-refractivity contribution is 5.92. The van der Waals surface area contributed by atoms with Crippen molar-refractivity contribution in [2.24, 2.45) is 0 Å². The molecule has 0 N–H and O–H groups in total. The number of nitrogens with zero attached hydrogens (tertiary/aromatic N) is 1. The van der Waals surface area contributed by atoms with E-state index in [2.05, 4.69) is 6.08 Å². The number of halogens is 1. The predicted molar refractivity (Wildman–Crippen MR) is 103 cm³/mol. The Morgan fingerprint density at radius 2 is 2.00 bits per heavy atom. The molecule has 0 bridgehead atoms. The van der Waals surface area contributed by atoms with Gasteiger partial charge in [0.1, 0.15) is 11.9 Å². The maximum absolute atomic E-state index is 13.6. The molecule has 2 aliphatic rings. The molecule has 1 aromatic rings. The number of carbonyl (C=O) groups excluding carboxylic acids is 2. The summed E-state index contributed by atoms with van der Waals surface area (Å²) in [6.07, 6.45) is 9.61. The second kappa shape index (κ2) is 9.16. The Bertz CT molecular complexity index is 728. The van der Waals surface area contributed by atoms with Crippen LogP contribution in [0.1, 0.15) is 62.5 Å². The van der Waals surface area contributed by atoms with Gasteiger partial charge in [-0.3, -0.25) is 4.79 Å². The number of hydrogen-bond donors (Lipinski definition) is 0. The lowest BCUT2D eigenvalue weighted by Crippen LogP contribution is -2.46. The van der Waals surface area contributed by atoms with Gasteiger partial charge in [0.2, 0.25) is 5.91 Å². The van der Waals surface area contributed by atoms with Crippen molar-refractivity contribution in [2.45, 2.75) is 63.8 Å². The maximum Gasteiger partial charge on any atom is 0.328 e. The molecule has 146 valence electrons. The lowest BCUT2D eigenvalue weighted by molar-refractivity contribution is -0.153. The highest BCUT2D eigenvalue weighted by Crippen LogP contribution is 2.30. The molecule has 5 heteroatoms. The smallest absolute Gasteiger partial charge is 0.328 e. The number of likely N-dealkylation sites (tertiary alicyclic amines) is 1. The molecule has 0 radical (unpaired) electrons. The Hall–Kier alpha value is -2.17. The number of fused-ring (bicyclic) bond motifs is 1. The number of esters is 1. The van der Waals surface area contributed by atoms with E-state index in [1.54, 1.807) is 17.0 Å². The summed E-state index contributed by atoms with van der Waals surface area (Å²) < 4.78 is 18.6. The third-order valence-electron chi connectivity index (χ3n) is 5.59. The number of rotatable bonds is 3. The fourth-order valence-electron chi connectivity index (χ4n) is 4.16. The molecule has 1 heterocycles. The van der Waals surface area contributed by atoms with E-state index in [1.807, 2.05) is 0 Å². The van der Waals surface area contributed by atoms with Crippen LogP contribution in [-0.4, -0.2) is 36.5 Å². The largest absolute Gasteiger partial charge is 0.467 e. The number of carbonyl (C=O) groups is 2. The van der Waals surface area contributed by atoms with Gasteiger partial charge in [0.15, 0.2) is 0 Å². The van der Waals surface area contributed by atoms with E-state index in [0.717, 1.165) is 61.6 Å².